The predicted molar refractivity (Wildman–Crippen MR) is 84.8 cm³/mol. The van der Waals surface area contributed by atoms with Crippen molar-refractivity contribution in [2.75, 3.05) is 37.7 Å². The van der Waals surface area contributed by atoms with Gasteiger partial charge in [0.15, 0.2) is 0 Å². The molecule has 120 valence electrons. The molecule has 3 rings (SSSR count). The topological polar surface area (TPSA) is 66.5 Å². The van der Waals surface area contributed by atoms with Crippen molar-refractivity contribution < 1.29 is 9.53 Å². The van der Waals surface area contributed by atoms with Gasteiger partial charge in [0, 0.05) is 32.4 Å². The number of carbonyl (C=O) groups excluding carboxylic acids is 1. The van der Waals surface area contributed by atoms with Crippen molar-refractivity contribution in [2.45, 2.75) is 19.9 Å². The van der Waals surface area contributed by atoms with Crippen LogP contribution in [-0.2, 0) is 11.3 Å². The van der Waals surface area contributed by atoms with Crippen molar-refractivity contribution in [3.05, 3.63) is 23.9 Å². The maximum atomic E-state index is 11.8. The molecule has 22 heavy (non-hydrogen) atoms. The molecule has 1 aromatic rings. The summed E-state index contributed by atoms with van der Waals surface area (Å²) in [5, 5.41) is 5.84. The Hall–Kier alpha value is -1.82. The van der Waals surface area contributed by atoms with Crippen LogP contribution in [0.3, 0.4) is 0 Å². The van der Waals surface area contributed by atoms with Gasteiger partial charge in [-0.15, -0.1) is 0 Å². The summed E-state index contributed by atoms with van der Waals surface area (Å²) in [6, 6.07) is 3.88. The second-order valence-corrected chi connectivity index (χ2v) is 6.16. The second-order valence-electron chi connectivity index (χ2n) is 6.16. The fourth-order valence-electron chi connectivity index (χ4n) is 2.69. The lowest BCUT2D eigenvalue weighted by Gasteiger charge is -2.28. The third-order valence-corrected chi connectivity index (χ3v) is 4.40. The van der Waals surface area contributed by atoms with Gasteiger partial charge in [-0.2, -0.15) is 0 Å². The number of urea groups is 1. The van der Waals surface area contributed by atoms with Gasteiger partial charge >= 0.3 is 6.03 Å². The maximum absolute atomic E-state index is 11.8. The molecule has 2 unspecified atom stereocenters. The molecule has 6 heteroatoms. The van der Waals surface area contributed by atoms with Gasteiger partial charge in [-0.25, -0.2) is 9.78 Å². The second kappa shape index (κ2) is 6.96. The van der Waals surface area contributed by atoms with Crippen LogP contribution in [0.25, 0.3) is 0 Å². The van der Waals surface area contributed by atoms with Gasteiger partial charge in [0.05, 0.1) is 13.2 Å². The summed E-state index contributed by atoms with van der Waals surface area (Å²) in [7, 11) is 0. The van der Waals surface area contributed by atoms with Gasteiger partial charge in [-0.3, -0.25) is 0 Å². The summed E-state index contributed by atoms with van der Waals surface area (Å²) >= 11 is 0. The van der Waals surface area contributed by atoms with Crippen LogP contribution in [0.1, 0.15) is 18.9 Å². The fraction of sp³-hybridized carbons (Fsp3) is 0.625. The Kier molecular flexibility index (Phi) is 4.77. The number of anilines is 1. The Morgan fingerprint density at radius 2 is 2.18 bits per heavy atom. The molecule has 0 spiro atoms. The molecule has 2 N–H and O–H groups in total. The summed E-state index contributed by atoms with van der Waals surface area (Å²) < 4.78 is 5.35. The van der Waals surface area contributed by atoms with Crippen LogP contribution >= 0.6 is 0 Å². The van der Waals surface area contributed by atoms with Crippen molar-refractivity contribution in [2.24, 2.45) is 11.8 Å². The van der Waals surface area contributed by atoms with Crippen molar-refractivity contribution >= 4 is 11.8 Å². The van der Waals surface area contributed by atoms with E-state index in [9.17, 15) is 4.79 Å². The molecular formula is C16H24N4O2. The molecular weight excluding hydrogens is 280 g/mol. The zero-order chi connectivity index (χ0) is 15.4. The molecule has 1 aromatic heterocycles. The summed E-state index contributed by atoms with van der Waals surface area (Å²) in [4.78, 5) is 18.4. The highest BCUT2D eigenvalue weighted by atomic mass is 16.5. The average molecular weight is 304 g/mol. The Labute approximate surface area is 131 Å². The molecule has 1 aliphatic heterocycles. The van der Waals surface area contributed by atoms with Gasteiger partial charge < -0.3 is 20.3 Å². The van der Waals surface area contributed by atoms with Crippen molar-refractivity contribution in [1.29, 1.82) is 0 Å². The summed E-state index contributed by atoms with van der Waals surface area (Å²) in [5.74, 6) is 2.38. The number of aromatic nitrogens is 1. The normalized spacial score (nSPS) is 24.0. The molecule has 0 radical (unpaired) electrons. The molecule has 1 saturated heterocycles. The van der Waals surface area contributed by atoms with Crippen LogP contribution in [0.15, 0.2) is 18.3 Å². The molecule has 2 heterocycles. The minimum Gasteiger partial charge on any atom is -0.378 e. The first-order chi connectivity index (χ1) is 10.7. The van der Waals surface area contributed by atoms with Gasteiger partial charge in [-0.05, 0) is 36.0 Å². The maximum Gasteiger partial charge on any atom is 0.315 e. The van der Waals surface area contributed by atoms with E-state index in [1.54, 1.807) is 6.20 Å². The molecule has 6 nitrogen and oxygen atoms in total. The van der Waals surface area contributed by atoms with Gasteiger partial charge in [0.25, 0.3) is 0 Å². The highest BCUT2D eigenvalue weighted by Crippen LogP contribution is 2.36. The van der Waals surface area contributed by atoms with Gasteiger partial charge in [0.2, 0.25) is 0 Å². The molecule has 1 saturated carbocycles. The van der Waals surface area contributed by atoms with E-state index in [1.807, 2.05) is 12.1 Å². The Morgan fingerprint density at radius 3 is 2.91 bits per heavy atom. The lowest BCUT2D eigenvalue weighted by Crippen LogP contribution is -2.37. The number of nitrogens with one attached hydrogen (secondary N) is 2. The van der Waals surface area contributed by atoms with E-state index in [0.29, 0.717) is 12.5 Å². The molecule has 0 aromatic carbocycles. The third-order valence-electron chi connectivity index (χ3n) is 4.40. The van der Waals surface area contributed by atoms with E-state index in [2.05, 4.69) is 27.4 Å². The minimum atomic E-state index is -0.0937. The summed E-state index contributed by atoms with van der Waals surface area (Å²) in [6.45, 7) is 6.73. The Morgan fingerprint density at radius 1 is 1.41 bits per heavy atom. The number of hydrogen-bond acceptors (Lipinski definition) is 4. The first-order valence-electron chi connectivity index (χ1n) is 8.01. The van der Waals surface area contributed by atoms with E-state index < -0.39 is 0 Å². The van der Waals surface area contributed by atoms with E-state index in [1.165, 1.54) is 6.42 Å². The largest absolute Gasteiger partial charge is 0.378 e. The number of morpholine rings is 1. The fourth-order valence-corrected chi connectivity index (χ4v) is 2.69. The SMILES string of the molecule is CC1CC1CNC(=O)NCc1ccnc(N2CCOCC2)c1. The van der Waals surface area contributed by atoms with E-state index in [4.69, 9.17) is 4.74 Å². The Balaban J connectivity index is 1.46. The lowest BCUT2D eigenvalue weighted by molar-refractivity contribution is 0.122. The van der Waals surface area contributed by atoms with Crippen LogP contribution in [0.5, 0.6) is 0 Å². The van der Waals surface area contributed by atoms with E-state index >= 15 is 0 Å². The monoisotopic (exact) mass is 304 g/mol. The highest BCUT2D eigenvalue weighted by Gasteiger charge is 2.32. The van der Waals surface area contributed by atoms with E-state index in [-0.39, 0.29) is 6.03 Å². The number of ether oxygens (including phenoxy) is 1. The Bertz CT molecular complexity index is 517. The number of rotatable bonds is 5. The first-order valence-corrected chi connectivity index (χ1v) is 8.01. The first kappa shape index (κ1) is 15.1. The zero-order valence-corrected chi connectivity index (χ0v) is 13.0. The number of amides is 2. The van der Waals surface area contributed by atoms with Crippen LogP contribution in [-0.4, -0.2) is 43.9 Å². The minimum absolute atomic E-state index is 0.0937. The molecule has 2 aliphatic rings. The highest BCUT2D eigenvalue weighted by molar-refractivity contribution is 5.73. The number of pyridine rings is 1. The molecule has 1 aliphatic carbocycles. The number of nitrogens with zero attached hydrogens (tertiary/aromatic N) is 2. The summed E-state index contributed by atoms with van der Waals surface area (Å²) in [5.41, 5.74) is 1.06. The lowest BCUT2D eigenvalue weighted by atomic mass is 10.2. The molecule has 0 bridgehead atoms. The number of hydrogen-bond donors (Lipinski definition) is 2. The van der Waals surface area contributed by atoms with Crippen LogP contribution in [0, 0.1) is 11.8 Å². The van der Waals surface area contributed by atoms with Crippen molar-refractivity contribution in [3.8, 4) is 0 Å². The standard InChI is InChI=1S/C16H24N4O2/c1-12-8-14(12)11-19-16(21)18-10-13-2-3-17-15(9-13)20-4-6-22-7-5-20/h2-3,9,12,14H,4-8,10-11H2,1H3,(H2,18,19,21). The predicted octanol–water partition coefficient (Wildman–Crippen LogP) is 1.37. The molecule has 2 amide bonds. The summed E-state index contributed by atoms with van der Waals surface area (Å²) in [6.07, 6.45) is 3.03. The quantitative estimate of drug-likeness (QED) is 0.862. The van der Waals surface area contributed by atoms with Crippen LogP contribution < -0.4 is 15.5 Å². The molecule has 2 fully saturated rings. The third kappa shape index (κ3) is 4.10. The van der Waals surface area contributed by atoms with Crippen LogP contribution in [0.2, 0.25) is 0 Å². The number of carbonyl (C=O) groups is 1. The van der Waals surface area contributed by atoms with Crippen molar-refractivity contribution in [1.82, 2.24) is 15.6 Å². The van der Waals surface area contributed by atoms with Crippen LogP contribution in [0.4, 0.5) is 10.6 Å². The van der Waals surface area contributed by atoms with Gasteiger partial charge in [0.1, 0.15) is 5.82 Å². The smallest absolute Gasteiger partial charge is 0.315 e. The van der Waals surface area contributed by atoms with Crippen molar-refractivity contribution in [3.63, 3.8) is 0 Å². The average Bonchev–Trinajstić information content (AvgIpc) is 3.27. The van der Waals surface area contributed by atoms with Gasteiger partial charge in [-0.1, -0.05) is 6.92 Å². The zero-order valence-electron chi connectivity index (χ0n) is 13.0. The molecule has 2 atom stereocenters. The van der Waals surface area contributed by atoms with E-state index in [0.717, 1.165) is 50.1 Å².